The number of rotatable bonds is 5. The summed E-state index contributed by atoms with van der Waals surface area (Å²) in [6.45, 7) is 3.57. The predicted octanol–water partition coefficient (Wildman–Crippen LogP) is 2.58. The molecule has 110 valence electrons. The molecule has 21 heavy (non-hydrogen) atoms. The quantitative estimate of drug-likeness (QED) is 0.287. The average molecular weight is 305 g/mol. The fourth-order valence-corrected chi connectivity index (χ4v) is 2.96. The summed E-state index contributed by atoms with van der Waals surface area (Å²) < 4.78 is 0. The van der Waals surface area contributed by atoms with E-state index in [9.17, 15) is 10.1 Å². The molecule has 8 heteroatoms. The second-order valence-corrected chi connectivity index (χ2v) is 5.37. The fraction of sp³-hybridized carbons (Fsp3) is 0.231. The number of aromatic nitrogens is 2. The van der Waals surface area contributed by atoms with Crippen LogP contribution >= 0.6 is 11.8 Å². The van der Waals surface area contributed by atoms with Gasteiger partial charge in [-0.1, -0.05) is 36.0 Å². The highest BCUT2D eigenvalue weighted by atomic mass is 32.2. The monoisotopic (exact) mass is 305 g/mol. The Morgan fingerprint density at radius 2 is 2.05 bits per heavy atom. The summed E-state index contributed by atoms with van der Waals surface area (Å²) in [5.41, 5.74) is 4.78. The number of nitrogen functional groups attached to an aromatic ring is 1. The van der Waals surface area contributed by atoms with Crippen LogP contribution in [0.1, 0.15) is 16.8 Å². The van der Waals surface area contributed by atoms with Gasteiger partial charge in [0, 0.05) is 5.75 Å². The standard InChI is InChI=1S/C13H15N5O2S/c1-8-5-3-4-6-10(8)7-21-12-11(18(19)20)9(2)15-13(16-12)17-14/h3-6H,7,14H2,1-2H3,(H,15,16,17). The molecule has 3 N–H and O–H groups in total. The van der Waals surface area contributed by atoms with E-state index in [4.69, 9.17) is 5.84 Å². The van der Waals surface area contributed by atoms with Crippen molar-refractivity contribution in [2.24, 2.45) is 5.84 Å². The average Bonchev–Trinajstić information content (AvgIpc) is 2.45. The van der Waals surface area contributed by atoms with Crippen molar-refractivity contribution in [1.29, 1.82) is 0 Å². The summed E-state index contributed by atoms with van der Waals surface area (Å²) in [4.78, 5) is 18.8. The number of anilines is 1. The Bertz CT molecular complexity index is 678. The summed E-state index contributed by atoms with van der Waals surface area (Å²) in [7, 11) is 0. The molecule has 0 saturated heterocycles. The molecule has 0 unspecified atom stereocenters. The summed E-state index contributed by atoms with van der Waals surface area (Å²) in [5.74, 6) is 6.05. The van der Waals surface area contributed by atoms with Gasteiger partial charge < -0.3 is 0 Å². The zero-order valence-electron chi connectivity index (χ0n) is 11.7. The molecule has 0 bridgehead atoms. The highest BCUT2D eigenvalue weighted by Crippen LogP contribution is 2.32. The zero-order chi connectivity index (χ0) is 15.4. The van der Waals surface area contributed by atoms with E-state index < -0.39 is 4.92 Å². The first-order valence-corrected chi connectivity index (χ1v) is 7.18. The maximum Gasteiger partial charge on any atom is 0.322 e. The summed E-state index contributed by atoms with van der Waals surface area (Å²) in [6.07, 6.45) is 0. The van der Waals surface area contributed by atoms with Crippen LogP contribution in [0.25, 0.3) is 0 Å². The van der Waals surface area contributed by atoms with Crippen molar-refractivity contribution in [2.75, 3.05) is 5.43 Å². The van der Waals surface area contributed by atoms with Gasteiger partial charge in [-0.3, -0.25) is 15.5 Å². The Morgan fingerprint density at radius 1 is 1.33 bits per heavy atom. The minimum Gasteiger partial charge on any atom is -0.292 e. The van der Waals surface area contributed by atoms with Crippen molar-refractivity contribution in [3.8, 4) is 0 Å². The number of nitrogens with two attached hydrogens (primary N) is 1. The minimum atomic E-state index is -0.462. The minimum absolute atomic E-state index is 0.0763. The zero-order valence-corrected chi connectivity index (χ0v) is 12.5. The van der Waals surface area contributed by atoms with Gasteiger partial charge in [0.1, 0.15) is 5.69 Å². The lowest BCUT2D eigenvalue weighted by Gasteiger charge is -2.08. The largest absolute Gasteiger partial charge is 0.322 e. The van der Waals surface area contributed by atoms with Crippen molar-refractivity contribution in [3.63, 3.8) is 0 Å². The van der Waals surface area contributed by atoms with Crippen LogP contribution in [0.4, 0.5) is 11.6 Å². The van der Waals surface area contributed by atoms with Crippen molar-refractivity contribution >= 4 is 23.4 Å². The second-order valence-electron chi connectivity index (χ2n) is 4.40. The molecule has 0 radical (unpaired) electrons. The number of benzene rings is 1. The maximum atomic E-state index is 11.2. The fourth-order valence-electron chi connectivity index (χ4n) is 1.83. The highest BCUT2D eigenvalue weighted by molar-refractivity contribution is 7.98. The summed E-state index contributed by atoms with van der Waals surface area (Å²) in [6, 6.07) is 7.89. The summed E-state index contributed by atoms with van der Waals surface area (Å²) in [5, 5.41) is 11.5. The number of hydrogen-bond acceptors (Lipinski definition) is 7. The topological polar surface area (TPSA) is 107 Å². The van der Waals surface area contributed by atoms with Crippen molar-refractivity contribution in [2.45, 2.75) is 24.6 Å². The molecule has 0 spiro atoms. The van der Waals surface area contributed by atoms with E-state index in [0.29, 0.717) is 10.8 Å². The lowest BCUT2D eigenvalue weighted by atomic mass is 10.1. The molecule has 0 aliphatic rings. The van der Waals surface area contributed by atoms with Gasteiger partial charge in [-0.05, 0) is 25.0 Å². The number of nitrogens with zero attached hydrogens (tertiary/aromatic N) is 3. The maximum absolute atomic E-state index is 11.2. The lowest BCUT2D eigenvalue weighted by molar-refractivity contribution is -0.389. The molecule has 1 heterocycles. The smallest absolute Gasteiger partial charge is 0.292 e. The Morgan fingerprint density at radius 3 is 2.67 bits per heavy atom. The van der Waals surface area contributed by atoms with E-state index in [1.165, 1.54) is 11.8 Å². The third kappa shape index (κ3) is 3.47. The van der Waals surface area contributed by atoms with E-state index in [0.717, 1.165) is 11.1 Å². The Kier molecular flexibility index (Phi) is 4.71. The summed E-state index contributed by atoms with van der Waals surface area (Å²) >= 11 is 1.30. The van der Waals surface area contributed by atoms with Crippen LogP contribution in [0.3, 0.4) is 0 Å². The van der Waals surface area contributed by atoms with E-state index in [1.807, 2.05) is 31.2 Å². The first-order chi connectivity index (χ1) is 10.0. The van der Waals surface area contributed by atoms with Gasteiger partial charge in [-0.15, -0.1) is 0 Å². The van der Waals surface area contributed by atoms with Crippen LogP contribution in [0.5, 0.6) is 0 Å². The van der Waals surface area contributed by atoms with Gasteiger partial charge in [0.05, 0.1) is 4.92 Å². The SMILES string of the molecule is Cc1ccccc1CSc1nc(NN)nc(C)c1[N+](=O)[O-]. The van der Waals surface area contributed by atoms with Crippen LogP contribution in [-0.4, -0.2) is 14.9 Å². The van der Waals surface area contributed by atoms with E-state index in [1.54, 1.807) is 6.92 Å². The number of nitrogens with one attached hydrogen (secondary N) is 1. The number of hydrazine groups is 1. The second kappa shape index (κ2) is 6.51. The molecule has 1 aromatic carbocycles. The molecular formula is C13H15N5O2S. The van der Waals surface area contributed by atoms with Crippen LogP contribution in [0, 0.1) is 24.0 Å². The Hall–Kier alpha value is -2.19. The number of thioether (sulfide) groups is 1. The molecule has 0 amide bonds. The third-order valence-corrected chi connectivity index (χ3v) is 3.98. The van der Waals surface area contributed by atoms with E-state index >= 15 is 0 Å². The van der Waals surface area contributed by atoms with Gasteiger partial charge in [0.2, 0.25) is 5.95 Å². The van der Waals surface area contributed by atoms with Crippen LogP contribution in [-0.2, 0) is 5.75 Å². The molecule has 7 nitrogen and oxygen atoms in total. The molecule has 2 aromatic rings. The molecular weight excluding hydrogens is 290 g/mol. The predicted molar refractivity (Wildman–Crippen MR) is 82.0 cm³/mol. The van der Waals surface area contributed by atoms with Gasteiger partial charge in [-0.25, -0.2) is 10.8 Å². The normalized spacial score (nSPS) is 10.4. The van der Waals surface area contributed by atoms with Crippen LogP contribution in [0.15, 0.2) is 29.3 Å². The van der Waals surface area contributed by atoms with Crippen molar-refractivity contribution < 1.29 is 4.92 Å². The number of hydrogen-bond donors (Lipinski definition) is 2. The lowest BCUT2D eigenvalue weighted by Crippen LogP contribution is -2.12. The van der Waals surface area contributed by atoms with Gasteiger partial charge in [0.15, 0.2) is 5.03 Å². The molecule has 0 atom stereocenters. The van der Waals surface area contributed by atoms with E-state index in [-0.39, 0.29) is 17.3 Å². The molecule has 1 aromatic heterocycles. The first-order valence-electron chi connectivity index (χ1n) is 6.20. The van der Waals surface area contributed by atoms with Crippen LogP contribution < -0.4 is 11.3 Å². The van der Waals surface area contributed by atoms with E-state index in [2.05, 4.69) is 15.4 Å². The van der Waals surface area contributed by atoms with Gasteiger partial charge >= 0.3 is 5.69 Å². The number of nitro groups is 1. The molecule has 0 aliphatic heterocycles. The molecule has 0 fully saturated rings. The third-order valence-electron chi connectivity index (χ3n) is 2.96. The van der Waals surface area contributed by atoms with Crippen molar-refractivity contribution in [1.82, 2.24) is 9.97 Å². The number of aryl methyl sites for hydroxylation is 2. The Labute approximate surface area is 126 Å². The van der Waals surface area contributed by atoms with Gasteiger partial charge in [0.25, 0.3) is 0 Å². The highest BCUT2D eigenvalue weighted by Gasteiger charge is 2.22. The van der Waals surface area contributed by atoms with Crippen molar-refractivity contribution in [3.05, 3.63) is 51.2 Å². The Balaban J connectivity index is 2.32. The van der Waals surface area contributed by atoms with Crippen LogP contribution in [0.2, 0.25) is 0 Å². The molecule has 0 saturated carbocycles. The molecule has 2 rings (SSSR count). The first kappa shape index (κ1) is 15.2. The van der Waals surface area contributed by atoms with Gasteiger partial charge in [-0.2, -0.15) is 4.98 Å². The molecule has 0 aliphatic carbocycles.